The van der Waals surface area contributed by atoms with Crippen molar-refractivity contribution in [3.05, 3.63) is 103 Å². The zero-order valence-corrected chi connectivity index (χ0v) is 16.9. The lowest BCUT2D eigenvalue weighted by Gasteiger charge is -2.09. The minimum absolute atomic E-state index is 0.289. The van der Waals surface area contributed by atoms with Crippen LogP contribution in [0.25, 0.3) is 56.1 Å². The quantitative estimate of drug-likeness (QED) is 0.314. The van der Waals surface area contributed by atoms with E-state index in [-0.39, 0.29) is 11.6 Å². The Morgan fingerprint density at radius 1 is 0.531 bits per heavy atom. The van der Waals surface area contributed by atoms with Crippen molar-refractivity contribution in [1.29, 1.82) is 0 Å². The molecule has 0 spiro atoms. The van der Waals surface area contributed by atoms with Crippen LogP contribution in [-0.4, -0.2) is 15.0 Å². The second-order valence-corrected chi connectivity index (χ2v) is 7.43. The number of halogens is 1. The SMILES string of the molecule is Fc1ccccc1-c1nc(-c2ccccc2)nc(-c2cccc3oc4ccccc4c23)n1. The molecule has 0 aliphatic rings. The first-order valence-electron chi connectivity index (χ1n) is 10.2. The molecule has 2 heterocycles. The van der Waals surface area contributed by atoms with E-state index in [4.69, 9.17) is 14.4 Å². The largest absolute Gasteiger partial charge is 0.456 e. The van der Waals surface area contributed by atoms with Gasteiger partial charge in [0.2, 0.25) is 0 Å². The van der Waals surface area contributed by atoms with Gasteiger partial charge in [0.25, 0.3) is 0 Å². The van der Waals surface area contributed by atoms with Crippen LogP contribution in [0, 0.1) is 5.82 Å². The van der Waals surface area contributed by atoms with Gasteiger partial charge >= 0.3 is 0 Å². The molecular formula is C27H16FN3O. The van der Waals surface area contributed by atoms with E-state index < -0.39 is 0 Å². The monoisotopic (exact) mass is 417 g/mol. The summed E-state index contributed by atoms with van der Waals surface area (Å²) in [5, 5.41) is 1.90. The van der Waals surface area contributed by atoms with Crippen molar-refractivity contribution < 1.29 is 8.81 Å². The molecule has 2 aromatic heterocycles. The standard InChI is InChI=1S/C27H16FN3O/c28-21-14-6-4-11-18(21)26-29-25(17-9-2-1-3-10-17)30-27(31-26)20-13-8-16-23-24(20)19-12-5-7-15-22(19)32-23/h1-16H. The molecule has 0 atom stereocenters. The van der Waals surface area contributed by atoms with Crippen LogP contribution in [0.15, 0.2) is 101 Å². The van der Waals surface area contributed by atoms with E-state index in [1.54, 1.807) is 18.2 Å². The lowest BCUT2D eigenvalue weighted by Crippen LogP contribution is -2.01. The van der Waals surface area contributed by atoms with Gasteiger partial charge in [-0.3, -0.25) is 0 Å². The van der Waals surface area contributed by atoms with Gasteiger partial charge in [0.05, 0.1) is 5.56 Å². The first-order chi connectivity index (χ1) is 15.8. The van der Waals surface area contributed by atoms with Gasteiger partial charge in [0.15, 0.2) is 17.5 Å². The van der Waals surface area contributed by atoms with E-state index in [2.05, 4.69) is 4.98 Å². The van der Waals surface area contributed by atoms with Crippen molar-refractivity contribution in [2.75, 3.05) is 0 Å². The summed E-state index contributed by atoms with van der Waals surface area (Å²) in [5.41, 5.74) is 3.51. The van der Waals surface area contributed by atoms with Crippen molar-refractivity contribution in [1.82, 2.24) is 15.0 Å². The summed E-state index contributed by atoms with van der Waals surface area (Å²) in [4.78, 5) is 14.1. The lowest BCUT2D eigenvalue weighted by molar-refractivity contribution is 0.630. The second kappa shape index (κ2) is 7.39. The zero-order valence-electron chi connectivity index (χ0n) is 16.9. The molecule has 6 aromatic rings. The molecule has 0 aliphatic heterocycles. The summed E-state index contributed by atoms with van der Waals surface area (Å²) in [6.07, 6.45) is 0. The Morgan fingerprint density at radius 3 is 2.00 bits per heavy atom. The third-order valence-corrected chi connectivity index (χ3v) is 5.43. The normalized spacial score (nSPS) is 11.3. The molecule has 152 valence electrons. The maximum atomic E-state index is 14.6. The van der Waals surface area contributed by atoms with Crippen LogP contribution in [0.5, 0.6) is 0 Å². The summed E-state index contributed by atoms with van der Waals surface area (Å²) in [6, 6.07) is 29.8. The Labute approximate surface area is 183 Å². The van der Waals surface area contributed by atoms with Crippen molar-refractivity contribution in [3.8, 4) is 34.2 Å². The van der Waals surface area contributed by atoms with Gasteiger partial charge < -0.3 is 4.42 Å². The third kappa shape index (κ3) is 3.03. The van der Waals surface area contributed by atoms with Crippen LogP contribution >= 0.6 is 0 Å². The molecule has 0 fully saturated rings. The minimum Gasteiger partial charge on any atom is -0.456 e. The predicted octanol–water partition coefficient (Wildman–Crippen LogP) is 6.91. The van der Waals surface area contributed by atoms with Crippen molar-refractivity contribution in [2.24, 2.45) is 0 Å². The fourth-order valence-corrected chi connectivity index (χ4v) is 3.94. The Kier molecular flexibility index (Phi) is 4.25. The van der Waals surface area contributed by atoms with Crippen LogP contribution in [-0.2, 0) is 0 Å². The number of aromatic nitrogens is 3. The fourth-order valence-electron chi connectivity index (χ4n) is 3.94. The van der Waals surface area contributed by atoms with Crippen LogP contribution in [0.4, 0.5) is 4.39 Å². The van der Waals surface area contributed by atoms with E-state index in [0.29, 0.717) is 17.2 Å². The van der Waals surface area contributed by atoms with E-state index >= 15 is 0 Å². The third-order valence-electron chi connectivity index (χ3n) is 5.43. The maximum Gasteiger partial charge on any atom is 0.167 e. The number of furan rings is 1. The first-order valence-corrected chi connectivity index (χ1v) is 10.2. The van der Waals surface area contributed by atoms with Crippen LogP contribution in [0.1, 0.15) is 0 Å². The molecule has 4 aromatic carbocycles. The molecule has 0 unspecified atom stereocenters. The Bertz CT molecular complexity index is 1590. The highest BCUT2D eigenvalue weighted by Gasteiger charge is 2.18. The molecule has 0 bridgehead atoms. The molecule has 32 heavy (non-hydrogen) atoms. The van der Waals surface area contributed by atoms with Gasteiger partial charge in [-0.25, -0.2) is 19.3 Å². The lowest BCUT2D eigenvalue weighted by atomic mass is 10.1. The van der Waals surface area contributed by atoms with Crippen molar-refractivity contribution in [3.63, 3.8) is 0 Å². The predicted molar refractivity (Wildman–Crippen MR) is 123 cm³/mol. The van der Waals surface area contributed by atoms with Crippen molar-refractivity contribution >= 4 is 21.9 Å². The molecule has 0 N–H and O–H groups in total. The molecular weight excluding hydrogens is 401 g/mol. The summed E-state index contributed by atoms with van der Waals surface area (Å²) >= 11 is 0. The van der Waals surface area contributed by atoms with Gasteiger partial charge in [-0.15, -0.1) is 0 Å². The van der Waals surface area contributed by atoms with E-state index in [1.807, 2.05) is 72.8 Å². The molecule has 0 saturated carbocycles. The van der Waals surface area contributed by atoms with Crippen molar-refractivity contribution in [2.45, 2.75) is 0 Å². The Balaban J connectivity index is 1.67. The number of para-hydroxylation sites is 1. The summed E-state index contributed by atoms with van der Waals surface area (Å²) in [5.74, 6) is 0.861. The number of rotatable bonds is 3. The van der Waals surface area contributed by atoms with Gasteiger partial charge in [-0.1, -0.05) is 72.8 Å². The number of benzene rings is 4. The summed E-state index contributed by atoms with van der Waals surface area (Å²) < 4.78 is 20.7. The number of hydrogen-bond donors (Lipinski definition) is 0. The highest BCUT2D eigenvalue weighted by atomic mass is 19.1. The van der Waals surface area contributed by atoms with Gasteiger partial charge in [0, 0.05) is 21.9 Å². The highest BCUT2D eigenvalue weighted by Crippen LogP contribution is 2.36. The number of nitrogens with zero attached hydrogens (tertiary/aromatic N) is 3. The molecule has 0 radical (unpaired) electrons. The summed E-state index contributed by atoms with van der Waals surface area (Å²) in [6.45, 7) is 0. The van der Waals surface area contributed by atoms with Crippen LogP contribution in [0.2, 0.25) is 0 Å². The molecule has 4 nitrogen and oxygen atoms in total. The molecule has 5 heteroatoms. The topological polar surface area (TPSA) is 51.8 Å². The highest BCUT2D eigenvalue weighted by molar-refractivity contribution is 6.11. The number of hydrogen-bond acceptors (Lipinski definition) is 4. The van der Waals surface area contributed by atoms with Gasteiger partial charge in [0.1, 0.15) is 17.0 Å². The maximum absolute atomic E-state index is 14.6. The average molecular weight is 417 g/mol. The first kappa shape index (κ1) is 18.4. The van der Waals surface area contributed by atoms with E-state index in [0.717, 1.165) is 33.1 Å². The second-order valence-electron chi connectivity index (χ2n) is 7.43. The van der Waals surface area contributed by atoms with Crippen LogP contribution in [0.3, 0.4) is 0 Å². The Hall–Kier alpha value is -4.38. The van der Waals surface area contributed by atoms with Gasteiger partial charge in [-0.05, 0) is 24.3 Å². The molecule has 0 aliphatic carbocycles. The summed E-state index contributed by atoms with van der Waals surface area (Å²) in [7, 11) is 0. The zero-order chi connectivity index (χ0) is 21.5. The van der Waals surface area contributed by atoms with Gasteiger partial charge in [-0.2, -0.15) is 0 Å². The van der Waals surface area contributed by atoms with Crippen LogP contribution < -0.4 is 0 Å². The van der Waals surface area contributed by atoms with E-state index in [1.165, 1.54) is 6.07 Å². The van der Waals surface area contributed by atoms with E-state index in [9.17, 15) is 4.39 Å². The molecule has 0 saturated heterocycles. The minimum atomic E-state index is -0.379. The molecule has 0 amide bonds. The fraction of sp³-hybridized carbons (Fsp3) is 0. The average Bonchev–Trinajstić information content (AvgIpc) is 3.23. The smallest absolute Gasteiger partial charge is 0.167 e. The Morgan fingerprint density at radius 2 is 1.16 bits per heavy atom. The molecule has 6 rings (SSSR count). The number of fused-ring (bicyclic) bond motifs is 3.